The summed E-state index contributed by atoms with van der Waals surface area (Å²) in [4.78, 5) is 16.4. The normalized spacial score (nSPS) is 22.5. The molecule has 2 atom stereocenters. The lowest BCUT2D eigenvalue weighted by Gasteiger charge is -2.30. The topological polar surface area (TPSA) is 88.2 Å². The largest absolute Gasteiger partial charge is 0.396 e. The van der Waals surface area contributed by atoms with E-state index in [-0.39, 0.29) is 29.9 Å². The Labute approximate surface area is 131 Å². The van der Waals surface area contributed by atoms with Gasteiger partial charge in [-0.3, -0.25) is 4.79 Å². The van der Waals surface area contributed by atoms with Crippen LogP contribution < -0.4 is 5.32 Å². The number of aliphatic hydroxyl groups is 1. The molecular weight excluding hydrogens is 282 g/mol. The minimum atomic E-state index is -0.152. The number of carbonyl (C=O) groups is 1. The van der Waals surface area contributed by atoms with Crippen LogP contribution in [0.1, 0.15) is 64.6 Å². The van der Waals surface area contributed by atoms with E-state index in [1.165, 1.54) is 0 Å². The molecule has 1 amide bonds. The molecule has 0 radical (unpaired) electrons. The van der Waals surface area contributed by atoms with Gasteiger partial charge in [0.2, 0.25) is 11.8 Å². The van der Waals surface area contributed by atoms with Gasteiger partial charge in [0.25, 0.3) is 0 Å². The van der Waals surface area contributed by atoms with Crippen LogP contribution in [0.3, 0.4) is 0 Å². The number of hydrogen-bond donors (Lipinski definition) is 2. The zero-order valence-corrected chi connectivity index (χ0v) is 13.8. The summed E-state index contributed by atoms with van der Waals surface area (Å²) in [7, 11) is 0. The molecule has 0 spiro atoms. The molecule has 1 fully saturated rings. The van der Waals surface area contributed by atoms with Gasteiger partial charge in [0.1, 0.15) is 0 Å². The second-order valence-electron chi connectivity index (χ2n) is 7.16. The van der Waals surface area contributed by atoms with E-state index in [0.717, 1.165) is 25.7 Å². The van der Waals surface area contributed by atoms with Gasteiger partial charge in [-0.15, -0.1) is 0 Å². The minimum absolute atomic E-state index is 0.0131. The molecule has 1 saturated carbocycles. The number of nitrogens with one attached hydrogen (secondary N) is 1. The summed E-state index contributed by atoms with van der Waals surface area (Å²) in [6.07, 6.45) is 4.97. The van der Waals surface area contributed by atoms with Gasteiger partial charge in [-0.1, -0.05) is 38.8 Å². The molecule has 22 heavy (non-hydrogen) atoms. The zero-order valence-electron chi connectivity index (χ0n) is 13.8. The lowest BCUT2D eigenvalue weighted by atomic mass is 9.85. The standard InChI is InChI=1S/C16H27N3O3/c1-16(2,3)15-18-14(22-19-15)9-8-13(21)17-12-7-5-4-6-11(12)10-20/h11-12,20H,4-10H2,1-3H3,(H,17,21). The zero-order chi connectivity index (χ0) is 16.2. The van der Waals surface area contributed by atoms with Crippen LogP contribution in [0.4, 0.5) is 0 Å². The van der Waals surface area contributed by atoms with Crippen LogP contribution in [-0.2, 0) is 16.6 Å². The second kappa shape index (κ2) is 7.22. The Morgan fingerprint density at radius 3 is 2.73 bits per heavy atom. The van der Waals surface area contributed by atoms with Gasteiger partial charge in [0.15, 0.2) is 5.82 Å². The molecule has 6 nitrogen and oxygen atoms in total. The quantitative estimate of drug-likeness (QED) is 0.868. The van der Waals surface area contributed by atoms with Crippen molar-refractivity contribution < 1.29 is 14.4 Å². The molecular formula is C16H27N3O3. The van der Waals surface area contributed by atoms with Crippen molar-refractivity contribution in [3.63, 3.8) is 0 Å². The first kappa shape index (κ1) is 16.9. The van der Waals surface area contributed by atoms with E-state index in [1.54, 1.807) is 0 Å². The van der Waals surface area contributed by atoms with E-state index >= 15 is 0 Å². The van der Waals surface area contributed by atoms with Crippen LogP contribution in [0, 0.1) is 5.92 Å². The highest BCUT2D eigenvalue weighted by atomic mass is 16.5. The Balaban J connectivity index is 1.81. The van der Waals surface area contributed by atoms with Crippen LogP contribution in [0.25, 0.3) is 0 Å². The molecule has 1 heterocycles. The third-order valence-electron chi connectivity index (χ3n) is 4.19. The third kappa shape index (κ3) is 4.53. The summed E-state index contributed by atoms with van der Waals surface area (Å²) >= 11 is 0. The van der Waals surface area contributed by atoms with Crippen molar-refractivity contribution >= 4 is 5.91 Å². The molecule has 0 aromatic carbocycles. The van der Waals surface area contributed by atoms with Gasteiger partial charge in [0, 0.05) is 36.8 Å². The Morgan fingerprint density at radius 2 is 2.09 bits per heavy atom. The van der Waals surface area contributed by atoms with Gasteiger partial charge >= 0.3 is 0 Å². The summed E-state index contributed by atoms with van der Waals surface area (Å²) in [5, 5.41) is 16.4. The highest BCUT2D eigenvalue weighted by molar-refractivity contribution is 5.76. The summed E-state index contributed by atoms with van der Waals surface area (Å²) in [5.41, 5.74) is -0.152. The van der Waals surface area contributed by atoms with Gasteiger partial charge in [-0.05, 0) is 12.8 Å². The van der Waals surface area contributed by atoms with Crippen molar-refractivity contribution in [1.82, 2.24) is 15.5 Å². The van der Waals surface area contributed by atoms with E-state index < -0.39 is 0 Å². The molecule has 2 rings (SSSR count). The summed E-state index contributed by atoms with van der Waals surface area (Å²) in [6.45, 7) is 6.20. The fourth-order valence-corrected chi connectivity index (χ4v) is 2.78. The molecule has 2 N–H and O–H groups in total. The average molecular weight is 309 g/mol. The number of rotatable bonds is 5. The number of aryl methyl sites for hydroxylation is 1. The van der Waals surface area contributed by atoms with Crippen LogP contribution in [0.2, 0.25) is 0 Å². The van der Waals surface area contributed by atoms with Crippen LogP contribution >= 0.6 is 0 Å². The predicted molar refractivity (Wildman–Crippen MR) is 82.3 cm³/mol. The molecule has 1 aromatic heterocycles. The third-order valence-corrected chi connectivity index (χ3v) is 4.19. The van der Waals surface area contributed by atoms with Crippen molar-refractivity contribution in [2.45, 2.75) is 70.8 Å². The smallest absolute Gasteiger partial charge is 0.227 e. The summed E-state index contributed by atoms with van der Waals surface area (Å²) < 4.78 is 5.19. The van der Waals surface area contributed by atoms with E-state index in [4.69, 9.17) is 4.52 Å². The Bertz CT molecular complexity index is 493. The first-order valence-electron chi connectivity index (χ1n) is 8.13. The molecule has 124 valence electrons. The van der Waals surface area contributed by atoms with Crippen LogP contribution in [0.15, 0.2) is 4.52 Å². The van der Waals surface area contributed by atoms with E-state index in [2.05, 4.69) is 15.5 Å². The molecule has 2 unspecified atom stereocenters. The fraction of sp³-hybridized carbons (Fsp3) is 0.812. The number of aromatic nitrogens is 2. The maximum atomic E-state index is 12.1. The number of carbonyl (C=O) groups excluding carboxylic acids is 1. The molecule has 0 bridgehead atoms. The number of hydrogen-bond acceptors (Lipinski definition) is 5. The highest BCUT2D eigenvalue weighted by Crippen LogP contribution is 2.24. The minimum Gasteiger partial charge on any atom is -0.396 e. The van der Waals surface area contributed by atoms with Crippen LogP contribution in [0.5, 0.6) is 0 Å². The molecule has 1 aromatic rings. The molecule has 1 aliphatic carbocycles. The first-order chi connectivity index (χ1) is 10.4. The molecule has 0 saturated heterocycles. The first-order valence-corrected chi connectivity index (χ1v) is 8.13. The monoisotopic (exact) mass is 309 g/mol. The van der Waals surface area contributed by atoms with E-state index in [0.29, 0.717) is 24.6 Å². The average Bonchev–Trinajstić information content (AvgIpc) is 2.95. The second-order valence-corrected chi connectivity index (χ2v) is 7.16. The van der Waals surface area contributed by atoms with Crippen molar-refractivity contribution in [1.29, 1.82) is 0 Å². The Hall–Kier alpha value is -1.43. The summed E-state index contributed by atoms with van der Waals surface area (Å²) in [5.74, 6) is 1.34. The lowest BCUT2D eigenvalue weighted by Crippen LogP contribution is -2.43. The summed E-state index contributed by atoms with van der Waals surface area (Å²) in [6, 6.07) is 0.0964. The molecule has 0 aliphatic heterocycles. The SMILES string of the molecule is CC(C)(C)c1noc(CCC(=O)NC2CCCCC2CO)n1. The van der Waals surface area contributed by atoms with Gasteiger partial charge in [-0.25, -0.2) is 0 Å². The van der Waals surface area contributed by atoms with Gasteiger partial charge in [0.05, 0.1) is 0 Å². The molecule has 1 aliphatic rings. The van der Waals surface area contributed by atoms with Crippen molar-refractivity contribution in [2.24, 2.45) is 5.92 Å². The number of aliphatic hydroxyl groups excluding tert-OH is 1. The van der Waals surface area contributed by atoms with E-state index in [1.807, 2.05) is 20.8 Å². The predicted octanol–water partition coefficient (Wildman–Crippen LogP) is 1.97. The van der Waals surface area contributed by atoms with Crippen molar-refractivity contribution in [3.05, 3.63) is 11.7 Å². The van der Waals surface area contributed by atoms with E-state index in [9.17, 15) is 9.90 Å². The maximum Gasteiger partial charge on any atom is 0.227 e. The number of amides is 1. The van der Waals surface area contributed by atoms with Gasteiger partial charge in [-0.2, -0.15) is 4.98 Å². The molecule has 6 heteroatoms. The van der Waals surface area contributed by atoms with Gasteiger partial charge < -0.3 is 14.9 Å². The Kier molecular flexibility index (Phi) is 5.56. The maximum absolute atomic E-state index is 12.1. The van der Waals surface area contributed by atoms with Crippen molar-refractivity contribution in [2.75, 3.05) is 6.61 Å². The number of nitrogens with zero attached hydrogens (tertiary/aromatic N) is 2. The fourth-order valence-electron chi connectivity index (χ4n) is 2.78. The lowest BCUT2D eigenvalue weighted by molar-refractivity contribution is -0.122. The Morgan fingerprint density at radius 1 is 1.36 bits per heavy atom. The van der Waals surface area contributed by atoms with Crippen LogP contribution in [-0.4, -0.2) is 33.8 Å². The highest BCUT2D eigenvalue weighted by Gasteiger charge is 2.26. The van der Waals surface area contributed by atoms with Crippen molar-refractivity contribution in [3.8, 4) is 0 Å².